The third-order valence-corrected chi connectivity index (χ3v) is 2.68. The summed E-state index contributed by atoms with van der Waals surface area (Å²) in [5.74, 6) is 6.24. The van der Waals surface area contributed by atoms with Crippen molar-refractivity contribution in [3.05, 3.63) is 31.6 Å². The predicted molar refractivity (Wildman–Crippen MR) is 62.7 cm³/mol. The van der Waals surface area contributed by atoms with Crippen LogP contribution >= 0.6 is 0 Å². The number of allylic oxidation sites excluding steroid dienone is 2. The molecule has 0 radical (unpaired) electrons. The van der Waals surface area contributed by atoms with E-state index < -0.39 is 0 Å². The van der Waals surface area contributed by atoms with Crippen molar-refractivity contribution in [1.29, 1.82) is 0 Å². The fourth-order valence-corrected chi connectivity index (χ4v) is 1.86. The standard InChI is InChI=1S/C11H14O.3CO.W/c1-2-12-10-6-9-11-7-4-3-5-8-11;3*1-2;/h7H,2-5,8H2,1H3;;;;. The van der Waals surface area contributed by atoms with Crippen molar-refractivity contribution in [1.82, 2.24) is 0 Å². The Labute approximate surface area is 125 Å². The van der Waals surface area contributed by atoms with Crippen molar-refractivity contribution < 1.29 is 38.0 Å². The van der Waals surface area contributed by atoms with Crippen molar-refractivity contribution in [3.8, 4) is 11.8 Å². The summed E-state index contributed by atoms with van der Waals surface area (Å²) < 4.78 is 28.7. The van der Waals surface area contributed by atoms with Gasteiger partial charge in [-0.05, 0) is 0 Å². The van der Waals surface area contributed by atoms with E-state index in [9.17, 15) is 0 Å². The quantitative estimate of drug-likeness (QED) is 0.376. The molecule has 0 atom stereocenters. The summed E-state index contributed by atoms with van der Waals surface area (Å²) in [7, 11) is 0. The maximum atomic E-state index is 7.50. The van der Waals surface area contributed by atoms with Crippen molar-refractivity contribution in [2.75, 3.05) is 6.61 Å². The zero-order valence-electron chi connectivity index (χ0n) is 10.7. The van der Waals surface area contributed by atoms with E-state index >= 15 is 0 Å². The summed E-state index contributed by atoms with van der Waals surface area (Å²) in [6.45, 7) is 16.2. The first-order valence-corrected chi connectivity index (χ1v) is 6.78. The molecule has 1 rings (SSSR count). The Morgan fingerprint density at radius 2 is 1.84 bits per heavy atom. The molecule has 0 amide bonds. The summed E-state index contributed by atoms with van der Waals surface area (Å²) in [5, 5.41) is 0. The summed E-state index contributed by atoms with van der Waals surface area (Å²) in [6.07, 6.45) is 7.23. The molecule has 1 aliphatic carbocycles. The van der Waals surface area contributed by atoms with Crippen molar-refractivity contribution in [2.24, 2.45) is 0 Å². The SMILES string of the molecule is CCO[C](=[W])C#CC1=CCCCC1.[C-]#[O+].[C-]#[O+].[C-]#[O+]. The Kier molecular flexibility index (Phi) is 27.1. The van der Waals surface area contributed by atoms with Crippen LogP contribution in [-0.2, 0) is 38.0 Å². The molecule has 0 N–H and O–H groups in total. The second-order valence-electron chi connectivity index (χ2n) is 2.95. The Morgan fingerprint density at radius 1 is 1.26 bits per heavy atom. The van der Waals surface area contributed by atoms with E-state index in [0.29, 0.717) is 0 Å². The van der Waals surface area contributed by atoms with Crippen molar-refractivity contribution >= 4 is 4.08 Å². The van der Waals surface area contributed by atoms with Gasteiger partial charge >= 0.3 is 125 Å². The molecular formula is C14H14O4W. The molecule has 0 aromatic carbocycles. The van der Waals surface area contributed by atoms with Gasteiger partial charge in [0.05, 0.1) is 0 Å². The van der Waals surface area contributed by atoms with Gasteiger partial charge in [0.15, 0.2) is 0 Å². The van der Waals surface area contributed by atoms with Gasteiger partial charge in [-0.25, -0.2) is 0 Å². The molecule has 100 valence electrons. The number of hydrogen-bond acceptors (Lipinski definition) is 1. The first-order chi connectivity index (χ1) is 9.33. The molecule has 0 aliphatic heterocycles. The van der Waals surface area contributed by atoms with Gasteiger partial charge in [0, 0.05) is 0 Å². The molecule has 0 bridgehead atoms. The third-order valence-electron chi connectivity index (χ3n) is 1.89. The van der Waals surface area contributed by atoms with E-state index in [0.717, 1.165) is 17.1 Å². The van der Waals surface area contributed by atoms with E-state index in [4.69, 9.17) is 18.7 Å². The molecule has 0 saturated carbocycles. The van der Waals surface area contributed by atoms with Gasteiger partial charge in [-0.2, -0.15) is 0 Å². The van der Waals surface area contributed by atoms with Crippen LogP contribution in [0, 0.1) is 31.8 Å². The molecule has 0 aromatic heterocycles. The van der Waals surface area contributed by atoms with Gasteiger partial charge in [0.2, 0.25) is 0 Å². The minimum absolute atomic E-state index is 0.729. The summed E-state index contributed by atoms with van der Waals surface area (Å²) in [4.78, 5) is 0. The fraction of sp³-hybridized carbons (Fsp3) is 0.429. The van der Waals surface area contributed by atoms with E-state index in [-0.39, 0.29) is 0 Å². The predicted octanol–water partition coefficient (Wildman–Crippen LogP) is 2.09. The molecule has 0 heterocycles. The van der Waals surface area contributed by atoms with Crippen LogP contribution in [0.1, 0.15) is 32.6 Å². The second kappa shape index (κ2) is 22.2. The van der Waals surface area contributed by atoms with E-state index in [2.05, 4.69) is 37.9 Å². The third kappa shape index (κ3) is 17.0. The van der Waals surface area contributed by atoms with Gasteiger partial charge in [-0.15, -0.1) is 0 Å². The van der Waals surface area contributed by atoms with Crippen LogP contribution in [0.4, 0.5) is 0 Å². The van der Waals surface area contributed by atoms with Crippen LogP contribution in [0.15, 0.2) is 11.6 Å². The summed E-state index contributed by atoms with van der Waals surface area (Å²) in [5.41, 5.74) is 1.30. The Bertz CT molecular complexity index is 365. The zero-order valence-corrected chi connectivity index (χ0v) is 13.6. The Hall–Kier alpha value is -0.962. The normalized spacial score (nSPS) is 11.0. The Balaban J connectivity index is -0.000000375. The topological polar surface area (TPSA) is 68.9 Å². The van der Waals surface area contributed by atoms with Crippen LogP contribution in [0.2, 0.25) is 0 Å². The molecular weight excluding hydrogens is 416 g/mol. The van der Waals surface area contributed by atoms with Gasteiger partial charge in [0.25, 0.3) is 0 Å². The van der Waals surface area contributed by atoms with Gasteiger partial charge < -0.3 is 0 Å². The molecule has 0 unspecified atom stereocenters. The van der Waals surface area contributed by atoms with Crippen LogP contribution in [0.25, 0.3) is 0 Å². The van der Waals surface area contributed by atoms with E-state index in [1.165, 1.54) is 44.2 Å². The van der Waals surface area contributed by atoms with Gasteiger partial charge in [-0.3, -0.25) is 0 Å². The maximum absolute atomic E-state index is 7.50. The molecule has 19 heavy (non-hydrogen) atoms. The first-order valence-electron chi connectivity index (χ1n) is 5.32. The van der Waals surface area contributed by atoms with E-state index in [1.807, 2.05) is 6.92 Å². The molecule has 0 aromatic rings. The van der Waals surface area contributed by atoms with Crippen molar-refractivity contribution in [3.63, 3.8) is 0 Å². The zero-order chi connectivity index (χ0) is 15.5. The monoisotopic (exact) mass is 430 g/mol. The van der Waals surface area contributed by atoms with Gasteiger partial charge in [0.1, 0.15) is 0 Å². The molecule has 0 fully saturated rings. The molecule has 4 nitrogen and oxygen atoms in total. The number of hydrogen-bond donors (Lipinski definition) is 0. The minimum atomic E-state index is 0.729. The fourth-order valence-electron chi connectivity index (χ4n) is 1.25. The molecule has 5 heteroatoms. The first kappa shape index (κ1) is 23.2. The number of ether oxygens (including phenoxy) is 1. The van der Waals surface area contributed by atoms with Crippen LogP contribution < -0.4 is 0 Å². The van der Waals surface area contributed by atoms with Crippen LogP contribution in [0.3, 0.4) is 0 Å². The average molecular weight is 430 g/mol. The van der Waals surface area contributed by atoms with Crippen molar-refractivity contribution in [2.45, 2.75) is 32.6 Å². The summed E-state index contributed by atoms with van der Waals surface area (Å²) >= 11 is 1.32. The summed E-state index contributed by atoms with van der Waals surface area (Å²) in [6, 6.07) is 0. The van der Waals surface area contributed by atoms with Crippen LogP contribution in [-0.4, -0.2) is 10.7 Å². The van der Waals surface area contributed by atoms with Crippen LogP contribution in [0.5, 0.6) is 0 Å². The Morgan fingerprint density at radius 3 is 2.26 bits per heavy atom. The number of rotatable bonds is 2. The van der Waals surface area contributed by atoms with E-state index in [1.54, 1.807) is 0 Å². The molecule has 0 spiro atoms. The molecule has 1 aliphatic rings. The average Bonchev–Trinajstić information content (AvgIpc) is 2.53. The van der Waals surface area contributed by atoms with Gasteiger partial charge in [-0.1, -0.05) is 0 Å². The second-order valence-corrected chi connectivity index (χ2v) is 4.28. The molecule has 0 saturated heterocycles.